The van der Waals surface area contributed by atoms with Crippen LogP contribution in [0.4, 0.5) is 4.79 Å². The van der Waals surface area contributed by atoms with Crippen LogP contribution in [-0.4, -0.2) is 17.2 Å². The second-order valence-corrected chi connectivity index (χ2v) is 6.30. The Bertz CT molecular complexity index is 450. The maximum Gasteiger partial charge on any atom is 0.408 e. The summed E-state index contributed by atoms with van der Waals surface area (Å²) in [4.78, 5) is 11.9. The highest BCUT2D eigenvalue weighted by atomic mass is 16.6. The molecule has 104 valence electrons. The van der Waals surface area contributed by atoms with E-state index in [1.807, 2.05) is 39.0 Å². The Hall–Kier alpha value is -1.51. The van der Waals surface area contributed by atoms with Gasteiger partial charge >= 0.3 is 6.09 Å². The van der Waals surface area contributed by atoms with E-state index in [0.29, 0.717) is 5.92 Å². The molecule has 1 fully saturated rings. The highest BCUT2D eigenvalue weighted by Gasteiger charge is 2.54. The van der Waals surface area contributed by atoms with E-state index in [9.17, 15) is 4.79 Å². The van der Waals surface area contributed by atoms with E-state index in [2.05, 4.69) is 24.4 Å². The fraction of sp³-hybridized carbons (Fsp3) is 0.562. The van der Waals surface area contributed by atoms with Gasteiger partial charge in [0.05, 0.1) is 5.54 Å². The number of hydrogen-bond acceptors (Lipinski definition) is 2. The lowest BCUT2D eigenvalue weighted by Crippen LogP contribution is -2.41. The third-order valence-electron chi connectivity index (χ3n) is 3.66. The van der Waals surface area contributed by atoms with Gasteiger partial charge in [-0.2, -0.15) is 0 Å². The molecular weight excluding hydrogens is 238 g/mol. The van der Waals surface area contributed by atoms with Gasteiger partial charge in [0.15, 0.2) is 0 Å². The summed E-state index contributed by atoms with van der Waals surface area (Å²) in [6, 6.07) is 10.3. The lowest BCUT2D eigenvalue weighted by molar-refractivity contribution is 0.0493. The molecule has 0 bridgehead atoms. The van der Waals surface area contributed by atoms with E-state index in [1.54, 1.807) is 0 Å². The van der Waals surface area contributed by atoms with Gasteiger partial charge in [-0.15, -0.1) is 0 Å². The third kappa shape index (κ3) is 3.28. The zero-order valence-corrected chi connectivity index (χ0v) is 12.2. The van der Waals surface area contributed by atoms with Crippen molar-refractivity contribution in [1.82, 2.24) is 5.32 Å². The first-order valence-corrected chi connectivity index (χ1v) is 6.92. The van der Waals surface area contributed by atoms with Crippen LogP contribution in [0.2, 0.25) is 0 Å². The maximum atomic E-state index is 11.9. The largest absolute Gasteiger partial charge is 0.444 e. The van der Waals surface area contributed by atoms with Crippen molar-refractivity contribution >= 4 is 6.09 Å². The first-order chi connectivity index (χ1) is 8.86. The summed E-state index contributed by atoms with van der Waals surface area (Å²) in [5.41, 5.74) is 0.722. The molecule has 0 saturated heterocycles. The van der Waals surface area contributed by atoms with Gasteiger partial charge in [-0.05, 0) is 39.2 Å². The topological polar surface area (TPSA) is 38.3 Å². The molecule has 0 unspecified atom stereocenters. The Balaban J connectivity index is 2.01. The van der Waals surface area contributed by atoms with Gasteiger partial charge in [-0.3, -0.25) is 0 Å². The van der Waals surface area contributed by atoms with Crippen molar-refractivity contribution in [3.63, 3.8) is 0 Å². The summed E-state index contributed by atoms with van der Waals surface area (Å²) >= 11 is 0. The minimum atomic E-state index is -0.448. The predicted octanol–water partition coefficient (Wildman–Crippen LogP) is 3.85. The van der Waals surface area contributed by atoms with E-state index in [1.165, 1.54) is 5.56 Å². The van der Waals surface area contributed by atoms with Crippen LogP contribution < -0.4 is 5.32 Å². The maximum absolute atomic E-state index is 11.9. The summed E-state index contributed by atoms with van der Waals surface area (Å²) in [6.07, 6.45) is 1.60. The van der Waals surface area contributed by atoms with Gasteiger partial charge in [-0.1, -0.05) is 37.3 Å². The summed E-state index contributed by atoms with van der Waals surface area (Å²) in [6.45, 7) is 7.76. The zero-order chi connectivity index (χ0) is 14.1. The van der Waals surface area contributed by atoms with Gasteiger partial charge < -0.3 is 10.1 Å². The van der Waals surface area contributed by atoms with E-state index in [4.69, 9.17) is 4.74 Å². The lowest BCUT2D eigenvalue weighted by Gasteiger charge is -2.23. The molecule has 19 heavy (non-hydrogen) atoms. The van der Waals surface area contributed by atoms with Crippen molar-refractivity contribution in [2.24, 2.45) is 0 Å². The monoisotopic (exact) mass is 261 g/mol. The van der Waals surface area contributed by atoms with Gasteiger partial charge in [-0.25, -0.2) is 4.79 Å². The standard InChI is InChI=1S/C16H23NO2/c1-5-16(17-14(18)19-15(2,3)4)11-13(16)12-9-7-6-8-10-12/h6-10,13H,5,11H2,1-4H3,(H,17,18)/t13-,16+/m1/s1. The number of carbonyl (C=O) groups excluding carboxylic acids is 1. The molecule has 1 aliphatic rings. The number of ether oxygens (including phenoxy) is 1. The number of benzene rings is 1. The average molecular weight is 261 g/mol. The van der Waals surface area contributed by atoms with Crippen molar-refractivity contribution in [3.8, 4) is 0 Å². The quantitative estimate of drug-likeness (QED) is 0.897. The average Bonchev–Trinajstić information content (AvgIpc) is 3.02. The molecule has 3 nitrogen and oxygen atoms in total. The second kappa shape index (κ2) is 4.87. The van der Waals surface area contributed by atoms with Crippen molar-refractivity contribution in [2.45, 2.75) is 57.6 Å². The molecule has 0 aromatic heterocycles. The molecule has 1 aromatic carbocycles. The van der Waals surface area contributed by atoms with Crippen LogP contribution in [0.5, 0.6) is 0 Å². The van der Waals surface area contributed by atoms with Crippen LogP contribution in [0.25, 0.3) is 0 Å². The Morgan fingerprint density at radius 3 is 2.53 bits per heavy atom. The number of carbonyl (C=O) groups is 1. The first kappa shape index (κ1) is 13.9. The van der Waals surface area contributed by atoms with Gasteiger partial charge in [0, 0.05) is 5.92 Å². The molecule has 0 spiro atoms. The van der Waals surface area contributed by atoms with E-state index < -0.39 is 5.60 Å². The van der Waals surface area contributed by atoms with Crippen molar-refractivity contribution < 1.29 is 9.53 Å². The summed E-state index contributed by atoms with van der Waals surface area (Å²) in [7, 11) is 0. The minimum Gasteiger partial charge on any atom is -0.444 e. The molecule has 0 heterocycles. The van der Waals surface area contributed by atoms with E-state index >= 15 is 0 Å². The lowest BCUT2D eigenvalue weighted by atomic mass is 10.0. The van der Waals surface area contributed by atoms with Crippen LogP contribution >= 0.6 is 0 Å². The Labute approximate surface area is 115 Å². The Morgan fingerprint density at radius 2 is 2.00 bits per heavy atom. The minimum absolute atomic E-state index is 0.121. The molecule has 1 amide bonds. The fourth-order valence-electron chi connectivity index (χ4n) is 2.55. The zero-order valence-electron chi connectivity index (χ0n) is 12.2. The Morgan fingerprint density at radius 1 is 1.37 bits per heavy atom. The third-order valence-corrected chi connectivity index (χ3v) is 3.66. The van der Waals surface area contributed by atoms with Crippen molar-refractivity contribution in [2.75, 3.05) is 0 Å². The molecule has 0 radical (unpaired) electrons. The van der Waals surface area contributed by atoms with Gasteiger partial charge in [0.1, 0.15) is 5.60 Å². The summed E-state index contributed by atoms with van der Waals surface area (Å²) < 4.78 is 5.35. The SMILES string of the molecule is CC[C@]1(NC(=O)OC(C)(C)C)C[C@@H]1c1ccccc1. The summed E-state index contributed by atoms with van der Waals surface area (Å²) in [5.74, 6) is 0.409. The molecule has 1 aromatic rings. The molecule has 1 N–H and O–H groups in total. The van der Waals surface area contributed by atoms with E-state index in [-0.39, 0.29) is 11.6 Å². The molecular formula is C16H23NO2. The van der Waals surface area contributed by atoms with E-state index in [0.717, 1.165) is 12.8 Å². The first-order valence-electron chi connectivity index (χ1n) is 6.92. The van der Waals surface area contributed by atoms with Gasteiger partial charge in [0.2, 0.25) is 0 Å². The number of hydrogen-bond donors (Lipinski definition) is 1. The van der Waals surface area contributed by atoms with Crippen molar-refractivity contribution in [1.29, 1.82) is 0 Å². The highest BCUT2D eigenvalue weighted by molar-refractivity contribution is 5.70. The molecule has 0 aliphatic heterocycles. The van der Waals surface area contributed by atoms with Crippen molar-refractivity contribution in [3.05, 3.63) is 35.9 Å². The number of rotatable bonds is 3. The molecule has 2 rings (SSSR count). The molecule has 2 atom stereocenters. The van der Waals surface area contributed by atoms with Crippen LogP contribution in [0.15, 0.2) is 30.3 Å². The van der Waals surface area contributed by atoms with Crippen LogP contribution in [0, 0.1) is 0 Å². The molecule has 1 aliphatic carbocycles. The normalized spacial score (nSPS) is 25.8. The fourth-order valence-corrected chi connectivity index (χ4v) is 2.55. The van der Waals surface area contributed by atoms with Crippen LogP contribution in [0.3, 0.4) is 0 Å². The predicted molar refractivity (Wildman–Crippen MR) is 76.2 cm³/mol. The molecule has 3 heteroatoms. The number of alkyl carbamates (subject to hydrolysis) is 1. The second-order valence-electron chi connectivity index (χ2n) is 6.30. The van der Waals surface area contributed by atoms with Gasteiger partial charge in [0.25, 0.3) is 0 Å². The smallest absolute Gasteiger partial charge is 0.408 e. The number of nitrogens with one attached hydrogen (secondary N) is 1. The van der Waals surface area contributed by atoms with Crippen LogP contribution in [0.1, 0.15) is 52.0 Å². The Kier molecular flexibility index (Phi) is 3.57. The number of amides is 1. The molecule has 1 saturated carbocycles. The summed E-state index contributed by atoms with van der Waals surface area (Å²) in [5, 5.41) is 3.06. The highest BCUT2D eigenvalue weighted by Crippen LogP contribution is 2.53. The van der Waals surface area contributed by atoms with Crippen LogP contribution in [-0.2, 0) is 4.74 Å².